The van der Waals surface area contributed by atoms with Crippen molar-refractivity contribution in [2.45, 2.75) is 0 Å². The van der Waals surface area contributed by atoms with Crippen molar-refractivity contribution in [1.29, 1.82) is 0 Å². The third kappa shape index (κ3) is 4.63. The molecule has 2 aromatic rings. The van der Waals surface area contributed by atoms with Gasteiger partial charge in [0.15, 0.2) is 23.9 Å². The number of carbonyl (C=O) groups is 2. The number of Topliss-reactive ketones (excluding diaryl/α,β-unsaturated/α-hetero) is 1. The Morgan fingerprint density at radius 1 is 1.06 bits per heavy atom. The van der Waals surface area contributed by atoms with E-state index in [-0.39, 0.29) is 24.8 Å². The highest BCUT2D eigenvalue weighted by Gasteiger charge is 2.28. The summed E-state index contributed by atoms with van der Waals surface area (Å²) in [5.41, 5.74) is 0.963. The summed E-state index contributed by atoms with van der Waals surface area (Å²) >= 11 is 0. The second-order valence-corrected chi connectivity index (χ2v) is 6.28. The van der Waals surface area contributed by atoms with Gasteiger partial charge in [-0.05, 0) is 30.3 Å². The second kappa shape index (κ2) is 9.71. The SMILES string of the molecule is C=CCOC(=O)COc1ccc2c(c1)OC(=Cc1ccc(OC)c(OC)c1OC)C2=O. The summed E-state index contributed by atoms with van der Waals surface area (Å²) in [6, 6.07) is 8.14. The summed E-state index contributed by atoms with van der Waals surface area (Å²) in [5.74, 6) is 1.30. The lowest BCUT2D eigenvalue weighted by molar-refractivity contribution is -0.144. The van der Waals surface area contributed by atoms with Crippen LogP contribution in [0.3, 0.4) is 0 Å². The van der Waals surface area contributed by atoms with Gasteiger partial charge in [-0.2, -0.15) is 0 Å². The molecule has 0 unspecified atom stereocenters. The predicted molar refractivity (Wildman–Crippen MR) is 112 cm³/mol. The largest absolute Gasteiger partial charge is 0.493 e. The molecule has 3 rings (SSSR count). The minimum atomic E-state index is -0.529. The van der Waals surface area contributed by atoms with E-state index in [9.17, 15) is 9.59 Å². The molecular formula is C23H22O8. The fourth-order valence-electron chi connectivity index (χ4n) is 2.97. The number of hydrogen-bond acceptors (Lipinski definition) is 8. The molecule has 2 aromatic carbocycles. The van der Waals surface area contributed by atoms with Gasteiger partial charge in [-0.3, -0.25) is 4.79 Å². The zero-order valence-electron chi connectivity index (χ0n) is 17.4. The number of methoxy groups -OCH3 is 3. The van der Waals surface area contributed by atoms with Crippen LogP contribution < -0.4 is 23.7 Å². The summed E-state index contributed by atoms with van der Waals surface area (Å²) in [4.78, 5) is 24.3. The number of allylic oxidation sites excluding steroid dienone is 1. The van der Waals surface area contributed by atoms with Crippen LogP contribution in [0.2, 0.25) is 0 Å². The van der Waals surface area contributed by atoms with E-state index in [4.69, 9.17) is 28.4 Å². The Balaban J connectivity index is 1.82. The van der Waals surface area contributed by atoms with Gasteiger partial charge in [0.1, 0.15) is 18.1 Å². The number of hydrogen-bond donors (Lipinski definition) is 0. The van der Waals surface area contributed by atoms with Crippen molar-refractivity contribution in [3.05, 3.63) is 59.9 Å². The first-order valence-corrected chi connectivity index (χ1v) is 9.29. The van der Waals surface area contributed by atoms with E-state index >= 15 is 0 Å². The topological polar surface area (TPSA) is 89.5 Å². The Bertz CT molecular complexity index is 1040. The highest BCUT2D eigenvalue weighted by atomic mass is 16.6. The Kier molecular flexibility index (Phi) is 6.81. The number of ketones is 1. The number of esters is 1. The number of fused-ring (bicyclic) bond motifs is 1. The number of ether oxygens (including phenoxy) is 6. The van der Waals surface area contributed by atoms with Crippen molar-refractivity contribution < 1.29 is 38.0 Å². The molecule has 0 aromatic heterocycles. The molecule has 8 heteroatoms. The van der Waals surface area contributed by atoms with Crippen LogP contribution in [0.4, 0.5) is 0 Å². The van der Waals surface area contributed by atoms with E-state index < -0.39 is 5.97 Å². The zero-order chi connectivity index (χ0) is 22.4. The number of carbonyl (C=O) groups excluding carboxylic acids is 2. The van der Waals surface area contributed by atoms with Crippen molar-refractivity contribution in [1.82, 2.24) is 0 Å². The summed E-state index contributed by atoms with van der Waals surface area (Å²) in [6.07, 6.45) is 3.03. The molecule has 0 N–H and O–H groups in total. The third-order valence-corrected chi connectivity index (χ3v) is 4.38. The van der Waals surface area contributed by atoms with Crippen LogP contribution in [-0.4, -0.2) is 46.3 Å². The van der Waals surface area contributed by atoms with Gasteiger partial charge in [-0.25, -0.2) is 4.79 Å². The summed E-state index contributed by atoms with van der Waals surface area (Å²) in [7, 11) is 4.52. The lowest BCUT2D eigenvalue weighted by Gasteiger charge is -2.14. The Morgan fingerprint density at radius 3 is 2.52 bits per heavy atom. The van der Waals surface area contributed by atoms with Gasteiger partial charge in [0.25, 0.3) is 0 Å². The summed E-state index contributed by atoms with van der Waals surface area (Å²) in [5, 5.41) is 0. The Morgan fingerprint density at radius 2 is 1.84 bits per heavy atom. The quantitative estimate of drug-likeness (QED) is 0.342. The van der Waals surface area contributed by atoms with Crippen LogP contribution in [0.5, 0.6) is 28.7 Å². The first kappa shape index (κ1) is 21.8. The maximum Gasteiger partial charge on any atom is 0.344 e. The lowest BCUT2D eigenvalue weighted by Crippen LogP contribution is -2.14. The molecule has 162 valence electrons. The number of benzene rings is 2. The van der Waals surface area contributed by atoms with Crippen LogP contribution >= 0.6 is 0 Å². The van der Waals surface area contributed by atoms with Gasteiger partial charge in [-0.15, -0.1) is 0 Å². The lowest BCUT2D eigenvalue weighted by atomic mass is 10.1. The van der Waals surface area contributed by atoms with E-state index in [1.165, 1.54) is 27.4 Å². The van der Waals surface area contributed by atoms with Gasteiger partial charge >= 0.3 is 5.97 Å². The molecule has 1 aliphatic heterocycles. The summed E-state index contributed by atoms with van der Waals surface area (Å²) < 4.78 is 32.1. The Labute approximate surface area is 179 Å². The van der Waals surface area contributed by atoms with E-state index in [0.717, 1.165) is 0 Å². The van der Waals surface area contributed by atoms with Gasteiger partial charge in [0.05, 0.1) is 26.9 Å². The van der Waals surface area contributed by atoms with Crippen LogP contribution in [0.25, 0.3) is 6.08 Å². The highest BCUT2D eigenvalue weighted by molar-refractivity contribution is 6.14. The van der Waals surface area contributed by atoms with Crippen LogP contribution in [0.15, 0.2) is 48.7 Å². The maximum atomic E-state index is 12.8. The minimum absolute atomic E-state index is 0.109. The number of rotatable bonds is 9. The van der Waals surface area contributed by atoms with Crippen molar-refractivity contribution in [2.24, 2.45) is 0 Å². The molecule has 0 saturated carbocycles. The van der Waals surface area contributed by atoms with Crippen molar-refractivity contribution >= 4 is 17.8 Å². The molecule has 31 heavy (non-hydrogen) atoms. The zero-order valence-corrected chi connectivity index (χ0v) is 17.4. The predicted octanol–water partition coefficient (Wildman–Crippen LogP) is 3.44. The van der Waals surface area contributed by atoms with Gasteiger partial charge in [0.2, 0.25) is 11.5 Å². The van der Waals surface area contributed by atoms with Crippen molar-refractivity contribution in [3.63, 3.8) is 0 Å². The van der Waals surface area contributed by atoms with Crippen molar-refractivity contribution in [2.75, 3.05) is 34.5 Å². The molecule has 0 radical (unpaired) electrons. The van der Waals surface area contributed by atoms with E-state index in [1.54, 1.807) is 36.4 Å². The molecule has 0 bridgehead atoms. The van der Waals surface area contributed by atoms with Crippen molar-refractivity contribution in [3.8, 4) is 28.7 Å². The van der Waals surface area contributed by atoms with Crippen LogP contribution in [-0.2, 0) is 9.53 Å². The van der Waals surface area contributed by atoms with Crippen LogP contribution in [0.1, 0.15) is 15.9 Å². The molecule has 8 nitrogen and oxygen atoms in total. The molecule has 0 fully saturated rings. The summed E-state index contributed by atoms with van der Waals surface area (Å²) in [6.45, 7) is 3.31. The minimum Gasteiger partial charge on any atom is -0.493 e. The molecule has 0 aliphatic carbocycles. The van der Waals surface area contributed by atoms with Crippen LogP contribution in [0, 0.1) is 0 Å². The van der Waals surface area contributed by atoms with Gasteiger partial charge < -0.3 is 28.4 Å². The maximum absolute atomic E-state index is 12.8. The average Bonchev–Trinajstić information content (AvgIpc) is 3.10. The Hall–Kier alpha value is -3.94. The standard InChI is InChI=1S/C23H22O8/c1-5-10-29-20(24)13-30-15-7-8-16-18(12-15)31-19(21(16)25)11-14-6-9-17(26-2)23(28-4)22(14)27-3/h5-9,11-12H,1,10,13H2,2-4H3. The normalized spacial score (nSPS) is 13.3. The smallest absolute Gasteiger partial charge is 0.344 e. The fourth-order valence-corrected chi connectivity index (χ4v) is 2.97. The molecule has 1 heterocycles. The second-order valence-electron chi connectivity index (χ2n) is 6.28. The highest BCUT2D eigenvalue weighted by Crippen LogP contribution is 2.42. The van der Waals surface area contributed by atoms with E-state index in [1.807, 2.05) is 0 Å². The average molecular weight is 426 g/mol. The first-order valence-electron chi connectivity index (χ1n) is 9.29. The molecule has 0 spiro atoms. The molecule has 0 atom stereocenters. The molecule has 1 aliphatic rings. The monoisotopic (exact) mass is 426 g/mol. The first-order chi connectivity index (χ1) is 15.0. The molecule has 0 saturated heterocycles. The third-order valence-electron chi connectivity index (χ3n) is 4.38. The van der Waals surface area contributed by atoms with Gasteiger partial charge in [-0.1, -0.05) is 12.7 Å². The molecular weight excluding hydrogens is 404 g/mol. The fraction of sp³-hybridized carbons (Fsp3) is 0.217. The van der Waals surface area contributed by atoms with E-state index in [2.05, 4.69) is 6.58 Å². The molecule has 0 amide bonds. The van der Waals surface area contributed by atoms with Gasteiger partial charge in [0, 0.05) is 11.6 Å². The van der Waals surface area contributed by atoms with E-state index in [0.29, 0.717) is 39.9 Å².